The molecule has 2 aromatic carbocycles. The van der Waals surface area contributed by atoms with Gasteiger partial charge in [0, 0.05) is 24.4 Å². The quantitative estimate of drug-likeness (QED) is 0.539. The average Bonchev–Trinajstić information content (AvgIpc) is 2.56. The molecule has 0 aliphatic carbocycles. The summed E-state index contributed by atoms with van der Waals surface area (Å²) in [5.41, 5.74) is 6.24. The van der Waals surface area contributed by atoms with E-state index in [1.54, 1.807) is 24.3 Å². The summed E-state index contributed by atoms with van der Waals surface area (Å²) in [5.74, 6) is -0.545. The van der Waals surface area contributed by atoms with Gasteiger partial charge in [0.1, 0.15) is 0 Å². The number of nitrogens with one attached hydrogen (secondary N) is 2. The highest BCUT2D eigenvalue weighted by Crippen LogP contribution is 2.23. The minimum Gasteiger partial charge on any atom is -0.352 e. The maximum absolute atomic E-state index is 12.3. The molecule has 4 N–H and O–H groups in total. The molecule has 0 radical (unpaired) electrons. The lowest BCUT2D eigenvalue weighted by atomic mass is 10.1. The Hall–Kier alpha value is -3.13. The fourth-order valence-corrected chi connectivity index (χ4v) is 2.29. The molecule has 0 aromatic heterocycles. The van der Waals surface area contributed by atoms with E-state index in [0.29, 0.717) is 18.7 Å². The van der Waals surface area contributed by atoms with Crippen molar-refractivity contribution in [1.29, 1.82) is 0 Å². The first-order valence-electron chi connectivity index (χ1n) is 7.24. The molecule has 0 bridgehead atoms. The number of carbonyl (C=O) groups is 2. The van der Waals surface area contributed by atoms with Gasteiger partial charge in [-0.2, -0.15) is 0 Å². The number of non-ortho nitro benzene ring substituents is 1. The second-order valence-electron chi connectivity index (χ2n) is 5.11. The zero-order valence-electron chi connectivity index (χ0n) is 13.0. The molecule has 0 fully saturated rings. The zero-order chi connectivity index (χ0) is 18.4. The molecule has 2 aromatic rings. The molecule has 3 amide bonds. The summed E-state index contributed by atoms with van der Waals surface area (Å²) in [5, 5.41) is 16.0. The summed E-state index contributed by atoms with van der Waals surface area (Å²) in [7, 11) is 0. The van der Waals surface area contributed by atoms with Gasteiger partial charge >= 0.3 is 6.03 Å². The monoisotopic (exact) mass is 362 g/mol. The van der Waals surface area contributed by atoms with Crippen molar-refractivity contribution < 1.29 is 14.5 Å². The molecule has 25 heavy (non-hydrogen) atoms. The van der Waals surface area contributed by atoms with Gasteiger partial charge in [0.2, 0.25) is 0 Å². The third kappa shape index (κ3) is 5.18. The van der Waals surface area contributed by atoms with Crippen LogP contribution in [0.1, 0.15) is 15.9 Å². The number of primary amides is 1. The third-order valence-electron chi connectivity index (χ3n) is 3.33. The van der Waals surface area contributed by atoms with E-state index in [4.69, 9.17) is 17.3 Å². The van der Waals surface area contributed by atoms with Crippen molar-refractivity contribution in [2.45, 2.75) is 6.42 Å². The largest absolute Gasteiger partial charge is 0.352 e. The van der Waals surface area contributed by atoms with Crippen LogP contribution in [0.2, 0.25) is 5.02 Å². The van der Waals surface area contributed by atoms with Gasteiger partial charge in [-0.1, -0.05) is 23.7 Å². The molecule has 0 aliphatic heterocycles. The van der Waals surface area contributed by atoms with Crippen LogP contribution in [-0.2, 0) is 6.42 Å². The first-order valence-corrected chi connectivity index (χ1v) is 7.62. The highest BCUT2D eigenvalue weighted by Gasteiger charge is 2.16. The zero-order valence-corrected chi connectivity index (χ0v) is 13.7. The minimum atomic E-state index is -0.595. The first kappa shape index (κ1) is 18.2. The fourth-order valence-electron chi connectivity index (χ4n) is 2.08. The van der Waals surface area contributed by atoms with Gasteiger partial charge in [-0.05, 0) is 30.2 Å². The second-order valence-corrected chi connectivity index (χ2v) is 5.52. The van der Waals surface area contributed by atoms with Gasteiger partial charge < -0.3 is 16.4 Å². The third-order valence-corrected chi connectivity index (χ3v) is 3.66. The number of hydrogen-bond acceptors (Lipinski definition) is 4. The highest BCUT2D eigenvalue weighted by molar-refractivity contribution is 6.34. The Morgan fingerprint density at radius 2 is 1.84 bits per heavy atom. The Balaban J connectivity index is 2.04. The van der Waals surface area contributed by atoms with Gasteiger partial charge in [0.25, 0.3) is 11.6 Å². The van der Waals surface area contributed by atoms with Crippen molar-refractivity contribution in [3.05, 3.63) is 68.7 Å². The number of hydrogen-bond donors (Lipinski definition) is 3. The Morgan fingerprint density at radius 3 is 2.44 bits per heavy atom. The van der Waals surface area contributed by atoms with Crippen molar-refractivity contribution in [1.82, 2.24) is 5.32 Å². The van der Waals surface area contributed by atoms with Crippen LogP contribution in [-0.4, -0.2) is 23.4 Å². The number of amides is 3. The number of nitrogens with zero attached hydrogens (tertiary/aromatic N) is 1. The summed E-state index contributed by atoms with van der Waals surface area (Å²) >= 11 is 5.94. The molecule has 8 nitrogen and oxygen atoms in total. The lowest BCUT2D eigenvalue weighted by Gasteiger charge is -2.08. The standard InChI is InChI=1S/C16H15ClN4O4/c17-14-6-5-12(21(24)25)9-13(14)15(22)20-11-3-1-10(2-4-11)7-8-19-16(18)23/h1-6,9H,7-8H2,(H,20,22)(H3,18,19,23). The maximum Gasteiger partial charge on any atom is 0.312 e. The van der Waals surface area contributed by atoms with E-state index in [0.717, 1.165) is 11.6 Å². The number of anilines is 1. The van der Waals surface area contributed by atoms with Crippen LogP contribution in [0.4, 0.5) is 16.2 Å². The number of carbonyl (C=O) groups excluding carboxylic acids is 2. The Bertz CT molecular complexity index is 808. The Labute approximate surface area is 148 Å². The molecule has 0 unspecified atom stereocenters. The Morgan fingerprint density at radius 1 is 1.16 bits per heavy atom. The van der Waals surface area contributed by atoms with Crippen LogP contribution in [0.15, 0.2) is 42.5 Å². The number of rotatable bonds is 6. The van der Waals surface area contributed by atoms with Crippen molar-refractivity contribution in [2.75, 3.05) is 11.9 Å². The molecular weight excluding hydrogens is 348 g/mol. The van der Waals surface area contributed by atoms with E-state index in [1.165, 1.54) is 12.1 Å². The molecule has 0 spiro atoms. The molecular formula is C16H15ClN4O4. The fraction of sp³-hybridized carbons (Fsp3) is 0.125. The van der Waals surface area contributed by atoms with Crippen LogP contribution >= 0.6 is 11.6 Å². The van der Waals surface area contributed by atoms with E-state index in [9.17, 15) is 19.7 Å². The summed E-state index contributed by atoms with van der Waals surface area (Å²) in [6, 6.07) is 10.0. The summed E-state index contributed by atoms with van der Waals surface area (Å²) in [6.45, 7) is 0.407. The number of nitrogens with two attached hydrogens (primary N) is 1. The molecule has 9 heteroatoms. The van der Waals surface area contributed by atoms with Crippen LogP contribution in [0, 0.1) is 10.1 Å². The van der Waals surface area contributed by atoms with Crippen LogP contribution in [0.25, 0.3) is 0 Å². The smallest absolute Gasteiger partial charge is 0.312 e. The maximum atomic E-state index is 12.3. The number of benzene rings is 2. The topological polar surface area (TPSA) is 127 Å². The van der Waals surface area contributed by atoms with Crippen molar-refractivity contribution in [3.8, 4) is 0 Å². The highest BCUT2D eigenvalue weighted by atomic mass is 35.5. The SMILES string of the molecule is NC(=O)NCCc1ccc(NC(=O)c2cc([N+](=O)[O-])ccc2Cl)cc1. The van der Waals surface area contributed by atoms with E-state index in [-0.39, 0.29) is 16.3 Å². The van der Waals surface area contributed by atoms with Crippen molar-refractivity contribution in [2.24, 2.45) is 5.73 Å². The van der Waals surface area contributed by atoms with E-state index >= 15 is 0 Å². The predicted octanol–water partition coefficient (Wildman–Crippen LogP) is 2.71. The van der Waals surface area contributed by atoms with E-state index in [2.05, 4.69) is 10.6 Å². The first-order chi connectivity index (χ1) is 11.9. The minimum absolute atomic E-state index is 0.0191. The summed E-state index contributed by atoms with van der Waals surface area (Å²) in [4.78, 5) is 33.1. The van der Waals surface area contributed by atoms with Crippen LogP contribution < -0.4 is 16.4 Å². The summed E-state index contributed by atoms with van der Waals surface area (Å²) < 4.78 is 0. The average molecular weight is 363 g/mol. The van der Waals surface area contributed by atoms with Crippen molar-refractivity contribution >= 4 is 34.9 Å². The van der Waals surface area contributed by atoms with Crippen LogP contribution in [0.5, 0.6) is 0 Å². The lowest BCUT2D eigenvalue weighted by Crippen LogP contribution is -2.30. The Kier molecular flexibility index (Phi) is 5.91. The molecule has 0 atom stereocenters. The molecule has 2 rings (SSSR count). The van der Waals surface area contributed by atoms with Gasteiger partial charge in [-0.15, -0.1) is 0 Å². The number of halogens is 1. The second kappa shape index (κ2) is 8.11. The molecule has 130 valence electrons. The normalized spacial score (nSPS) is 10.1. The molecule has 0 aliphatic rings. The number of nitro benzene ring substituents is 1. The van der Waals surface area contributed by atoms with Gasteiger partial charge in [-0.3, -0.25) is 14.9 Å². The van der Waals surface area contributed by atoms with Gasteiger partial charge in [0.15, 0.2) is 0 Å². The summed E-state index contributed by atoms with van der Waals surface area (Å²) in [6.07, 6.45) is 0.591. The van der Waals surface area contributed by atoms with Gasteiger partial charge in [0.05, 0.1) is 15.5 Å². The molecule has 0 heterocycles. The lowest BCUT2D eigenvalue weighted by molar-refractivity contribution is -0.384. The van der Waals surface area contributed by atoms with Crippen molar-refractivity contribution in [3.63, 3.8) is 0 Å². The molecule has 0 saturated heterocycles. The van der Waals surface area contributed by atoms with Crippen LogP contribution in [0.3, 0.4) is 0 Å². The van der Waals surface area contributed by atoms with E-state index in [1.807, 2.05) is 0 Å². The number of urea groups is 1. The van der Waals surface area contributed by atoms with Gasteiger partial charge in [-0.25, -0.2) is 4.79 Å². The predicted molar refractivity (Wildman–Crippen MR) is 93.8 cm³/mol. The van der Waals surface area contributed by atoms with E-state index < -0.39 is 16.9 Å². The number of nitro groups is 1. The molecule has 0 saturated carbocycles.